The molecule has 6 rings (SSSR count). The predicted molar refractivity (Wildman–Crippen MR) is 142 cm³/mol. The van der Waals surface area contributed by atoms with Crippen LogP contribution in [0, 0.1) is 0 Å². The van der Waals surface area contributed by atoms with Crippen molar-refractivity contribution in [2.24, 2.45) is 0 Å². The first kappa shape index (κ1) is 23.6. The summed E-state index contributed by atoms with van der Waals surface area (Å²) in [6, 6.07) is 23.4. The summed E-state index contributed by atoms with van der Waals surface area (Å²) in [5, 5.41) is 11.7. The maximum Gasteiger partial charge on any atom is 0.253 e. The van der Waals surface area contributed by atoms with Gasteiger partial charge >= 0.3 is 0 Å². The first-order chi connectivity index (χ1) is 18.0. The molecule has 2 aliphatic rings. The number of nitrogens with one attached hydrogen (secondary N) is 1. The largest absolute Gasteiger partial charge is 0.497 e. The molecule has 0 aliphatic carbocycles. The van der Waals surface area contributed by atoms with E-state index in [0.717, 1.165) is 40.2 Å². The molecular formula is C30H31N3O4. The summed E-state index contributed by atoms with van der Waals surface area (Å²) in [5.74, 6) is 1.66. The molecule has 3 heterocycles. The Hall–Kier alpha value is -3.81. The van der Waals surface area contributed by atoms with E-state index < -0.39 is 0 Å². The molecule has 1 saturated heterocycles. The summed E-state index contributed by atoms with van der Waals surface area (Å²) < 4.78 is 10.8. The van der Waals surface area contributed by atoms with Crippen LogP contribution in [0.4, 0.5) is 0 Å². The summed E-state index contributed by atoms with van der Waals surface area (Å²) in [6.45, 7) is 2.68. The lowest BCUT2D eigenvalue weighted by atomic mass is 9.68. The average Bonchev–Trinajstić information content (AvgIpc) is 3.30. The van der Waals surface area contributed by atoms with E-state index in [-0.39, 0.29) is 24.0 Å². The number of fused-ring (bicyclic) bond motifs is 4. The van der Waals surface area contributed by atoms with Crippen molar-refractivity contribution in [2.75, 3.05) is 40.5 Å². The van der Waals surface area contributed by atoms with Crippen LogP contribution in [0.2, 0.25) is 0 Å². The zero-order valence-corrected chi connectivity index (χ0v) is 21.1. The van der Waals surface area contributed by atoms with Crippen molar-refractivity contribution in [2.45, 2.75) is 18.0 Å². The normalized spacial score (nSPS) is 18.5. The molecule has 7 nitrogen and oxygen atoms in total. The van der Waals surface area contributed by atoms with Crippen molar-refractivity contribution in [1.82, 2.24) is 14.8 Å². The number of aromatic nitrogens is 1. The molecule has 1 fully saturated rings. The molecule has 2 N–H and O–H groups in total. The van der Waals surface area contributed by atoms with Crippen LogP contribution in [0.25, 0.3) is 10.9 Å². The maximum absolute atomic E-state index is 13.2. The Labute approximate surface area is 216 Å². The fourth-order valence-electron chi connectivity index (χ4n) is 6.09. The number of likely N-dealkylation sites (tertiary alicyclic amines) is 1. The van der Waals surface area contributed by atoms with Crippen molar-refractivity contribution in [1.29, 1.82) is 0 Å². The Morgan fingerprint density at radius 2 is 1.68 bits per heavy atom. The number of aromatic amines is 1. The van der Waals surface area contributed by atoms with Gasteiger partial charge in [-0.3, -0.25) is 9.69 Å². The van der Waals surface area contributed by atoms with Crippen molar-refractivity contribution < 1.29 is 19.4 Å². The second kappa shape index (κ2) is 9.25. The Balaban J connectivity index is 1.39. The van der Waals surface area contributed by atoms with Crippen molar-refractivity contribution in [3.63, 3.8) is 0 Å². The van der Waals surface area contributed by atoms with Gasteiger partial charge in [-0.2, -0.15) is 0 Å². The Bertz CT molecular complexity index is 1420. The van der Waals surface area contributed by atoms with E-state index in [0.29, 0.717) is 25.2 Å². The Morgan fingerprint density at radius 3 is 2.35 bits per heavy atom. The number of aliphatic hydroxyl groups excluding tert-OH is 1. The fourth-order valence-corrected chi connectivity index (χ4v) is 6.09. The molecular weight excluding hydrogens is 466 g/mol. The molecule has 1 amide bonds. The molecule has 1 aromatic heterocycles. The highest BCUT2D eigenvalue weighted by Crippen LogP contribution is 2.49. The van der Waals surface area contributed by atoms with Gasteiger partial charge in [0.1, 0.15) is 11.5 Å². The molecule has 0 bridgehead atoms. The van der Waals surface area contributed by atoms with Crippen molar-refractivity contribution >= 4 is 16.8 Å². The number of amides is 1. The van der Waals surface area contributed by atoms with E-state index in [1.54, 1.807) is 14.2 Å². The molecule has 2 aliphatic heterocycles. The summed E-state index contributed by atoms with van der Waals surface area (Å²) >= 11 is 0. The van der Waals surface area contributed by atoms with Gasteiger partial charge in [-0.05, 0) is 47.5 Å². The zero-order chi connectivity index (χ0) is 25.6. The van der Waals surface area contributed by atoms with Crippen LogP contribution >= 0.6 is 0 Å². The molecule has 1 spiro atoms. The van der Waals surface area contributed by atoms with Crippen LogP contribution in [0.3, 0.4) is 0 Å². The number of hydrogen-bond acceptors (Lipinski definition) is 5. The van der Waals surface area contributed by atoms with Gasteiger partial charge in [0, 0.05) is 59.8 Å². The van der Waals surface area contributed by atoms with E-state index >= 15 is 0 Å². The van der Waals surface area contributed by atoms with Gasteiger partial charge < -0.3 is 24.5 Å². The van der Waals surface area contributed by atoms with Gasteiger partial charge in [0.25, 0.3) is 5.91 Å². The Morgan fingerprint density at radius 1 is 0.973 bits per heavy atom. The van der Waals surface area contributed by atoms with Crippen LogP contribution in [0.5, 0.6) is 11.5 Å². The van der Waals surface area contributed by atoms with Gasteiger partial charge in [-0.1, -0.05) is 30.3 Å². The first-order valence-corrected chi connectivity index (χ1v) is 12.6. The number of nitrogens with zero attached hydrogens (tertiary/aromatic N) is 2. The van der Waals surface area contributed by atoms with Crippen LogP contribution in [-0.2, 0) is 12.0 Å². The van der Waals surface area contributed by atoms with Gasteiger partial charge in [-0.15, -0.1) is 0 Å². The minimum Gasteiger partial charge on any atom is -0.497 e. The molecule has 0 radical (unpaired) electrons. The van der Waals surface area contributed by atoms with Crippen LogP contribution < -0.4 is 9.47 Å². The number of methoxy groups -OCH3 is 2. The number of ether oxygens (including phenoxy) is 2. The van der Waals surface area contributed by atoms with Crippen molar-refractivity contribution in [3.05, 3.63) is 95.2 Å². The lowest BCUT2D eigenvalue weighted by Crippen LogP contribution is -2.67. The molecule has 1 atom stereocenters. The number of carbonyl (C=O) groups is 1. The SMILES string of the molecule is COc1ccc(CN2CC3(CN(C(=O)c4ccccc4)C3)c3c([nH]c4cc(OC)ccc34)[C@H]2CO)cc1. The molecule has 0 unspecified atom stereocenters. The lowest BCUT2D eigenvalue weighted by molar-refractivity contribution is -0.00275. The highest BCUT2D eigenvalue weighted by molar-refractivity contribution is 5.96. The molecule has 4 aromatic rings. The second-order valence-electron chi connectivity index (χ2n) is 10.1. The number of rotatable bonds is 6. The quantitative estimate of drug-likeness (QED) is 0.419. The molecule has 3 aromatic carbocycles. The third kappa shape index (κ3) is 3.95. The number of hydrogen-bond donors (Lipinski definition) is 2. The van der Waals surface area contributed by atoms with Crippen molar-refractivity contribution in [3.8, 4) is 11.5 Å². The van der Waals surface area contributed by atoms with E-state index in [1.165, 1.54) is 5.56 Å². The maximum atomic E-state index is 13.2. The smallest absolute Gasteiger partial charge is 0.253 e. The minimum absolute atomic E-state index is 0.00412. The summed E-state index contributed by atoms with van der Waals surface area (Å²) in [5.41, 5.74) is 4.85. The highest BCUT2D eigenvalue weighted by atomic mass is 16.5. The van der Waals surface area contributed by atoms with E-state index in [9.17, 15) is 9.90 Å². The van der Waals surface area contributed by atoms with E-state index in [1.807, 2.05) is 59.5 Å². The van der Waals surface area contributed by atoms with Crippen LogP contribution in [0.1, 0.15) is 33.2 Å². The van der Waals surface area contributed by atoms with E-state index in [2.05, 4.69) is 28.1 Å². The standard InChI is InChI=1S/C30H31N3O4/c1-36-22-10-8-20(9-11-22)15-32-17-30(18-33(19-30)29(35)21-6-4-3-5-7-21)27-24-13-12-23(37-2)14-25(24)31-28(27)26(32)16-34/h3-14,26,31,34H,15-19H2,1-2H3/t26-/m1/s1. The number of benzene rings is 3. The number of carbonyl (C=O) groups excluding carboxylic acids is 1. The topological polar surface area (TPSA) is 78.0 Å². The first-order valence-electron chi connectivity index (χ1n) is 12.6. The number of H-pyrrole nitrogens is 1. The second-order valence-corrected chi connectivity index (χ2v) is 10.1. The fraction of sp³-hybridized carbons (Fsp3) is 0.300. The summed E-state index contributed by atoms with van der Waals surface area (Å²) in [6.07, 6.45) is 0. The van der Waals surface area contributed by atoms with E-state index in [4.69, 9.17) is 9.47 Å². The van der Waals surface area contributed by atoms with Gasteiger partial charge in [0.05, 0.1) is 26.9 Å². The average molecular weight is 498 g/mol. The van der Waals surface area contributed by atoms with Gasteiger partial charge in [0.15, 0.2) is 0 Å². The summed E-state index contributed by atoms with van der Waals surface area (Å²) in [7, 11) is 3.33. The summed E-state index contributed by atoms with van der Waals surface area (Å²) in [4.78, 5) is 21.1. The molecule has 190 valence electrons. The third-order valence-corrected chi connectivity index (χ3v) is 7.86. The zero-order valence-electron chi connectivity index (χ0n) is 21.1. The van der Waals surface area contributed by atoms with Crippen LogP contribution in [-0.4, -0.2) is 66.3 Å². The monoisotopic (exact) mass is 497 g/mol. The minimum atomic E-state index is -0.231. The van der Waals surface area contributed by atoms with Gasteiger partial charge in [-0.25, -0.2) is 0 Å². The third-order valence-electron chi connectivity index (χ3n) is 7.86. The highest BCUT2D eigenvalue weighted by Gasteiger charge is 2.54. The Kier molecular flexibility index (Phi) is 5.89. The lowest BCUT2D eigenvalue weighted by Gasteiger charge is -2.56. The van der Waals surface area contributed by atoms with Crippen LogP contribution in [0.15, 0.2) is 72.8 Å². The molecule has 37 heavy (non-hydrogen) atoms. The predicted octanol–water partition coefficient (Wildman–Crippen LogP) is 4.13. The van der Waals surface area contributed by atoms with Gasteiger partial charge in [0.2, 0.25) is 0 Å². The molecule has 0 saturated carbocycles. The molecule has 7 heteroatoms. The number of aliphatic hydroxyl groups is 1.